The van der Waals surface area contributed by atoms with Crippen molar-refractivity contribution in [2.45, 2.75) is 46.5 Å². The molecule has 0 spiro atoms. The molecule has 14 heavy (non-hydrogen) atoms. The number of hydrogen-bond donors (Lipinski definition) is 0. The first-order valence-corrected chi connectivity index (χ1v) is 5.44. The molecule has 0 radical (unpaired) electrons. The molecule has 0 aliphatic heterocycles. The fraction of sp³-hybridized carbons (Fsp3) is 0.917. The van der Waals surface area contributed by atoms with E-state index < -0.39 is 0 Å². The first kappa shape index (κ1) is 10.0. The van der Waals surface area contributed by atoms with Crippen LogP contribution < -0.4 is 0 Å². The third kappa shape index (κ3) is 0.999. The lowest BCUT2D eigenvalue weighted by Crippen LogP contribution is -2.41. The van der Waals surface area contributed by atoms with Gasteiger partial charge in [0.05, 0.1) is 12.5 Å². The van der Waals surface area contributed by atoms with Gasteiger partial charge in [-0.05, 0) is 43.4 Å². The van der Waals surface area contributed by atoms with Gasteiger partial charge in [0.15, 0.2) is 0 Å². The van der Waals surface area contributed by atoms with Crippen LogP contribution >= 0.6 is 0 Å². The Hall–Kier alpha value is -0.530. The van der Waals surface area contributed by atoms with Crippen molar-refractivity contribution in [1.29, 1.82) is 0 Å². The van der Waals surface area contributed by atoms with Gasteiger partial charge in [0, 0.05) is 0 Å². The summed E-state index contributed by atoms with van der Waals surface area (Å²) in [6.45, 7) is 6.65. The van der Waals surface area contributed by atoms with Crippen LogP contribution in [0.3, 0.4) is 0 Å². The first-order valence-electron chi connectivity index (χ1n) is 5.44. The number of esters is 1. The SMILES string of the molecule is COC(=O)C1(C)CC2(C)CCC1(C)C2. The maximum Gasteiger partial charge on any atom is 0.312 e. The molecule has 0 amide bonds. The molecule has 2 bridgehead atoms. The van der Waals surface area contributed by atoms with Crippen molar-refractivity contribution in [1.82, 2.24) is 0 Å². The largest absolute Gasteiger partial charge is 0.469 e. The molecule has 0 aromatic heterocycles. The normalized spacial score (nSPS) is 50.9. The molecule has 0 saturated heterocycles. The smallest absolute Gasteiger partial charge is 0.312 e. The molecule has 2 aliphatic carbocycles. The number of rotatable bonds is 1. The molecule has 2 aliphatic rings. The number of methoxy groups -OCH3 is 1. The zero-order valence-corrected chi connectivity index (χ0v) is 9.64. The predicted molar refractivity (Wildman–Crippen MR) is 54.8 cm³/mol. The molecule has 80 valence electrons. The fourth-order valence-electron chi connectivity index (χ4n) is 3.93. The quantitative estimate of drug-likeness (QED) is 0.603. The van der Waals surface area contributed by atoms with E-state index in [1.165, 1.54) is 26.4 Å². The number of hydrogen-bond acceptors (Lipinski definition) is 2. The molecule has 2 fully saturated rings. The third-order valence-corrected chi connectivity index (χ3v) is 4.85. The summed E-state index contributed by atoms with van der Waals surface area (Å²) in [5, 5.41) is 0. The zero-order chi connectivity index (χ0) is 10.6. The summed E-state index contributed by atoms with van der Waals surface area (Å²) in [6.07, 6.45) is 4.64. The van der Waals surface area contributed by atoms with Gasteiger partial charge < -0.3 is 4.74 Å². The summed E-state index contributed by atoms with van der Waals surface area (Å²) in [5.74, 6) is -0.0107. The average molecular weight is 196 g/mol. The Balaban J connectivity index is 2.36. The highest BCUT2D eigenvalue weighted by molar-refractivity contribution is 5.78. The topological polar surface area (TPSA) is 26.3 Å². The number of ether oxygens (including phenoxy) is 1. The second kappa shape index (κ2) is 2.53. The van der Waals surface area contributed by atoms with E-state index in [9.17, 15) is 4.79 Å². The van der Waals surface area contributed by atoms with Crippen molar-refractivity contribution in [2.75, 3.05) is 7.11 Å². The summed E-state index contributed by atoms with van der Waals surface area (Å²) in [7, 11) is 1.51. The molecule has 3 unspecified atom stereocenters. The minimum absolute atomic E-state index is 0.0107. The van der Waals surface area contributed by atoms with Crippen molar-refractivity contribution < 1.29 is 9.53 Å². The highest BCUT2D eigenvalue weighted by Gasteiger charge is 2.65. The minimum Gasteiger partial charge on any atom is -0.469 e. The lowest BCUT2D eigenvalue weighted by molar-refractivity contribution is -0.159. The first-order chi connectivity index (χ1) is 6.35. The van der Waals surface area contributed by atoms with Crippen LogP contribution in [-0.2, 0) is 9.53 Å². The highest BCUT2D eigenvalue weighted by Crippen LogP contribution is 2.69. The second-order valence-corrected chi connectivity index (χ2v) is 6.05. The molecule has 0 aromatic carbocycles. The Morgan fingerprint density at radius 1 is 1.14 bits per heavy atom. The van der Waals surface area contributed by atoms with Gasteiger partial charge in [-0.2, -0.15) is 0 Å². The summed E-state index contributed by atoms with van der Waals surface area (Å²) < 4.78 is 4.96. The molecule has 0 aromatic rings. The van der Waals surface area contributed by atoms with E-state index in [4.69, 9.17) is 4.74 Å². The van der Waals surface area contributed by atoms with Gasteiger partial charge in [0.25, 0.3) is 0 Å². The van der Waals surface area contributed by atoms with Crippen molar-refractivity contribution in [3.8, 4) is 0 Å². The number of fused-ring (bicyclic) bond motifs is 2. The van der Waals surface area contributed by atoms with E-state index in [2.05, 4.69) is 20.8 Å². The van der Waals surface area contributed by atoms with Gasteiger partial charge in [-0.25, -0.2) is 0 Å². The van der Waals surface area contributed by atoms with Crippen molar-refractivity contribution in [3.63, 3.8) is 0 Å². The Kier molecular flexibility index (Phi) is 1.81. The molecular weight excluding hydrogens is 176 g/mol. The molecule has 0 N–H and O–H groups in total. The molecule has 2 heteroatoms. The number of carbonyl (C=O) groups excluding carboxylic acids is 1. The molecule has 2 nitrogen and oxygen atoms in total. The maximum absolute atomic E-state index is 11.9. The van der Waals surface area contributed by atoms with Crippen LogP contribution in [0.1, 0.15) is 46.5 Å². The third-order valence-electron chi connectivity index (χ3n) is 4.85. The van der Waals surface area contributed by atoms with Crippen molar-refractivity contribution in [3.05, 3.63) is 0 Å². The van der Waals surface area contributed by atoms with Crippen LogP contribution in [0.5, 0.6) is 0 Å². The van der Waals surface area contributed by atoms with Crippen LogP contribution in [0.25, 0.3) is 0 Å². The van der Waals surface area contributed by atoms with E-state index >= 15 is 0 Å². The van der Waals surface area contributed by atoms with Crippen molar-refractivity contribution in [2.24, 2.45) is 16.2 Å². The van der Waals surface area contributed by atoms with Gasteiger partial charge in [0.2, 0.25) is 0 Å². The van der Waals surface area contributed by atoms with Gasteiger partial charge in [-0.15, -0.1) is 0 Å². The minimum atomic E-state index is -0.241. The Bertz CT molecular complexity index is 286. The Morgan fingerprint density at radius 2 is 1.79 bits per heavy atom. The highest BCUT2D eigenvalue weighted by atomic mass is 16.5. The zero-order valence-electron chi connectivity index (χ0n) is 9.64. The van der Waals surface area contributed by atoms with Crippen LogP contribution in [0, 0.1) is 16.2 Å². The fourth-order valence-corrected chi connectivity index (χ4v) is 3.93. The summed E-state index contributed by atoms with van der Waals surface area (Å²) >= 11 is 0. The lowest BCUT2D eigenvalue weighted by Gasteiger charge is -2.40. The van der Waals surface area contributed by atoms with E-state index in [0.717, 1.165) is 6.42 Å². The maximum atomic E-state index is 11.9. The van der Waals surface area contributed by atoms with Crippen LogP contribution in [0.15, 0.2) is 0 Å². The number of carbonyl (C=O) groups is 1. The summed E-state index contributed by atoms with van der Waals surface area (Å²) in [4.78, 5) is 11.9. The van der Waals surface area contributed by atoms with Crippen LogP contribution in [-0.4, -0.2) is 13.1 Å². The van der Waals surface area contributed by atoms with E-state index in [1.54, 1.807) is 0 Å². The summed E-state index contributed by atoms with van der Waals surface area (Å²) in [6, 6.07) is 0. The van der Waals surface area contributed by atoms with Crippen LogP contribution in [0.2, 0.25) is 0 Å². The predicted octanol–water partition coefficient (Wildman–Crippen LogP) is 2.77. The monoisotopic (exact) mass is 196 g/mol. The molecule has 3 atom stereocenters. The standard InChI is InChI=1S/C12H20O2/c1-10-5-6-11(2,7-10)12(3,8-10)9(13)14-4/h5-8H2,1-4H3. The van der Waals surface area contributed by atoms with Gasteiger partial charge >= 0.3 is 5.97 Å². The Morgan fingerprint density at radius 3 is 2.14 bits per heavy atom. The van der Waals surface area contributed by atoms with Gasteiger partial charge in [-0.3, -0.25) is 4.79 Å². The average Bonchev–Trinajstić information content (AvgIpc) is 2.50. The molecule has 0 heterocycles. The van der Waals surface area contributed by atoms with Crippen molar-refractivity contribution >= 4 is 5.97 Å². The summed E-state index contributed by atoms with van der Waals surface area (Å²) in [5.41, 5.74) is 0.321. The second-order valence-electron chi connectivity index (χ2n) is 6.05. The van der Waals surface area contributed by atoms with E-state index in [1.807, 2.05) is 0 Å². The molecule has 2 rings (SSSR count). The van der Waals surface area contributed by atoms with Gasteiger partial charge in [-0.1, -0.05) is 13.8 Å². The van der Waals surface area contributed by atoms with Gasteiger partial charge in [0.1, 0.15) is 0 Å². The molecule has 2 saturated carbocycles. The van der Waals surface area contributed by atoms with E-state index in [-0.39, 0.29) is 16.8 Å². The molecular formula is C12H20O2. The Labute approximate surface area is 86.0 Å². The van der Waals surface area contributed by atoms with Crippen LogP contribution in [0.4, 0.5) is 0 Å². The van der Waals surface area contributed by atoms with E-state index in [0.29, 0.717) is 5.41 Å². The lowest BCUT2D eigenvalue weighted by atomic mass is 9.64.